The Balaban J connectivity index is 1.50. The first-order chi connectivity index (χ1) is 19.4. The van der Waals surface area contributed by atoms with Crippen molar-refractivity contribution in [2.75, 3.05) is 31.6 Å². The third-order valence-electron chi connectivity index (χ3n) is 5.17. The fraction of sp³-hybridized carbons (Fsp3) is 0.385. The number of carboxylic acids is 1. The Bertz CT molecular complexity index is 1370. The second kappa shape index (κ2) is 13.9. The molecule has 0 atom stereocenters. The number of aromatic hydroxyl groups is 1. The van der Waals surface area contributed by atoms with Gasteiger partial charge in [0.15, 0.2) is 5.69 Å². The van der Waals surface area contributed by atoms with Crippen LogP contribution >= 0.6 is 0 Å². The van der Waals surface area contributed by atoms with E-state index >= 15 is 0 Å². The van der Waals surface area contributed by atoms with E-state index in [1.807, 2.05) is 0 Å². The molecule has 0 fully saturated rings. The number of hydrogen-bond acceptors (Lipinski definition) is 10. The summed E-state index contributed by atoms with van der Waals surface area (Å²) in [5.74, 6) is -2.51. The van der Waals surface area contributed by atoms with Crippen LogP contribution in [0.3, 0.4) is 0 Å². The number of benzene rings is 1. The summed E-state index contributed by atoms with van der Waals surface area (Å²) in [7, 11) is 0. The van der Waals surface area contributed by atoms with Gasteiger partial charge in [-0.15, -0.1) is 5.10 Å². The molecule has 220 valence electrons. The van der Waals surface area contributed by atoms with E-state index in [9.17, 15) is 23.9 Å². The third kappa shape index (κ3) is 9.94. The van der Waals surface area contributed by atoms with Crippen LogP contribution in [-0.4, -0.2) is 80.0 Å². The van der Waals surface area contributed by atoms with E-state index in [4.69, 9.17) is 14.6 Å². The van der Waals surface area contributed by atoms with Gasteiger partial charge in [0.05, 0.1) is 18.4 Å². The second-order valence-electron chi connectivity index (χ2n) is 9.73. The van der Waals surface area contributed by atoms with Gasteiger partial charge in [0.1, 0.15) is 41.8 Å². The summed E-state index contributed by atoms with van der Waals surface area (Å²) in [5.41, 5.74) is 0.306. The molecule has 14 nitrogen and oxygen atoms in total. The predicted octanol–water partition coefficient (Wildman–Crippen LogP) is 2.40. The van der Waals surface area contributed by atoms with Crippen molar-refractivity contribution in [2.24, 2.45) is 0 Å². The van der Waals surface area contributed by atoms with Gasteiger partial charge in [-0.25, -0.2) is 18.9 Å². The lowest BCUT2D eigenvalue weighted by Gasteiger charge is -2.19. The highest BCUT2D eigenvalue weighted by Crippen LogP contribution is 2.26. The topological polar surface area (TPSA) is 190 Å². The van der Waals surface area contributed by atoms with Gasteiger partial charge in [0, 0.05) is 30.9 Å². The molecule has 0 aliphatic carbocycles. The maximum atomic E-state index is 13.8. The summed E-state index contributed by atoms with van der Waals surface area (Å²) in [5, 5.41) is 34.8. The molecular formula is C26H32FN7O7. The van der Waals surface area contributed by atoms with Crippen molar-refractivity contribution >= 4 is 23.7 Å². The first kappa shape index (κ1) is 30.6. The zero-order chi connectivity index (χ0) is 30.0. The molecule has 3 rings (SSSR count). The van der Waals surface area contributed by atoms with Crippen molar-refractivity contribution in [1.29, 1.82) is 0 Å². The second-order valence-corrected chi connectivity index (χ2v) is 9.73. The standard InChI is InChI=1S/C26H32FN7O7/c1-26(2,3)41-25(39)29-8-4-7-28-18-12-17(27)5-6-21(18)40-10-9-34-15-19(32-33-34)16-11-20(35)23(30-13-16)24(38)31-14-22(36)37/h5-6,11-13,15,28,35H,4,7-10,14H2,1-3H3,(H,29,39)(H,31,38)(H,36,37). The Kier molecular flexibility index (Phi) is 10.4. The smallest absolute Gasteiger partial charge is 0.407 e. The minimum absolute atomic E-state index is 0.176. The minimum atomic E-state index is -1.23. The van der Waals surface area contributed by atoms with Crippen LogP contribution < -0.4 is 20.7 Å². The Morgan fingerprint density at radius 1 is 1.12 bits per heavy atom. The highest BCUT2D eigenvalue weighted by atomic mass is 19.1. The SMILES string of the molecule is CC(C)(C)OC(=O)NCCCNc1cc(F)ccc1OCCn1cc(-c2cnc(C(=O)NCC(=O)O)c(O)c2)nn1. The Labute approximate surface area is 234 Å². The molecule has 2 aromatic heterocycles. The zero-order valence-corrected chi connectivity index (χ0v) is 22.8. The number of ether oxygens (including phenoxy) is 2. The van der Waals surface area contributed by atoms with Crippen molar-refractivity contribution in [3.63, 3.8) is 0 Å². The van der Waals surface area contributed by atoms with Crippen LogP contribution in [0.4, 0.5) is 14.9 Å². The fourth-order valence-electron chi connectivity index (χ4n) is 3.38. The number of carbonyl (C=O) groups excluding carboxylic acids is 2. The fourth-order valence-corrected chi connectivity index (χ4v) is 3.38. The summed E-state index contributed by atoms with van der Waals surface area (Å²) in [6, 6.07) is 5.37. The molecule has 0 radical (unpaired) electrons. The molecule has 2 heterocycles. The number of hydrogen-bond donors (Lipinski definition) is 5. The molecule has 0 aliphatic rings. The number of nitrogens with one attached hydrogen (secondary N) is 3. The molecule has 5 N–H and O–H groups in total. The van der Waals surface area contributed by atoms with E-state index in [-0.39, 0.29) is 12.3 Å². The molecule has 3 aromatic rings. The van der Waals surface area contributed by atoms with Gasteiger partial charge >= 0.3 is 12.1 Å². The number of halogens is 1. The van der Waals surface area contributed by atoms with Crippen LogP contribution in [-0.2, 0) is 16.1 Å². The lowest BCUT2D eigenvalue weighted by atomic mass is 10.2. The van der Waals surface area contributed by atoms with E-state index in [0.717, 1.165) is 0 Å². The number of amides is 2. The first-order valence-corrected chi connectivity index (χ1v) is 12.6. The van der Waals surface area contributed by atoms with Crippen LogP contribution in [0.2, 0.25) is 0 Å². The lowest BCUT2D eigenvalue weighted by molar-refractivity contribution is -0.135. The van der Waals surface area contributed by atoms with Crippen LogP contribution in [0.15, 0.2) is 36.7 Å². The number of alkyl carbamates (subject to hydrolysis) is 1. The predicted molar refractivity (Wildman–Crippen MR) is 144 cm³/mol. The third-order valence-corrected chi connectivity index (χ3v) is 5.17. The minimum Gasteiger partial charge on any atom is -0.505 e. The Morgan fingerprint density at radius 3 is 2.61 bits per heavy atom. The van der Waals surface area contributed by atoms with Gasteiger partial charge in [-0.05, 0) is 45.4 Å². The molecule has 0 unspecified atom stereocenters. The summed E-state index contributed by atoms with van der Waals surface area (Å²) in [6.45, 7) is 6.01. The molecule has 0 spiro atoms. The molecule has 1 aromatic carbocycles. The van der Waals surface area contributed by atoms with E-state index in [1.165, 1.54) is 35.1 Å². The monoisotopic (exact) mass is 573 g/mol. The van der Waals surface area contributed by atoms with Gasteiger partial charge in [0.25, 0.3) is 5.91 Å². The molecule has 2 amide bonds. The molecule has 0 bridgehead atoms. The van der Waals surface area contributed by atoms with Crippen molar-refractivity contribution in [3.05, 3.63) is 48.2 Å². The van der Waals surface area contributed by atoms with E-state index in [1.54, 1.807) is 27.0 Å². The molecule has 15 heteroatoms. The van der Waals surface area contributed by atoms with Gasteiger partial charge in [0.2, 0.25) is 0 Å². The quantitative estimate of drug-likeness (QED) is 0.189. The molecule has 0 saturated heterocycles. The van der Waals surface area contributed by atoms with Crippen LogP contribution in [0.5, 0.6) is 11.5 Å². The first-order valence-electron chi connectivity index (χ1n) is 12.6. The van der Waals surface area contributed by atoms with Crippen LogP contribution in [0.1, 0.15) is 37.7 Å². The highest BCUT2D eigenvalue weighted by molar-refractivity contribution is 5.96. The number of rotatable bonds is 13. The van der Waals surface area contributed by atoms with Crippen molar-refractivity contribution < 1.29 is 38.5 Å². The number of anilines is 1. The van der Waals surface area contributed by atoms with E-state index < -0.39 is 41.7 Å². The number of carboxylic acid groups (broad SMARTS) is 1. The van der Waals surface area contributed by atoms with Crippen molar-refractivity contribution in [3.8, 4) is 22.8 Å². The molecule has 0 saturated carbocycles. The zero-order valence-electron chi connectivity index (χ0n) is 22.8. The summed E-state index contributed by atoms with van der Waals surface area (Å²) < 4.78 is 26.3. The van der Waals surface area contributed by atoms with Crippen molar-refractivity contribution in [1.82, 2.24) is 30.6 Å². The Hall–Kier alpha value is -4.95. The average molecular weight is 574 g/mol. The molecule has 41 heavy (non-hydrogen) atoms. The van der Waals surface area contributed by atoms with Gasteiger partial charge < -0.3 is 35.6 Å². The summed E-state index contributed by atoms with van der Waals surface area (Å²) in [6.07, 6.45) is 2.95. The maximum absolute atomic E-state index is 13.8. The van der Waals surface area contributed by atoms with Crippen molar-refractivity contribution in [2.45, 2.75) is 39.3 Å². The normalized spacial score (nSPS) is 11.0. The van der Waals surface area contributed by atoms with Gasteiger partial charge in [-0.2, -0.15) is 0 Å². The van der Waals surface area contributed by atoms with Gasteiger partial charge in [-0.3, -0.25) is 9.59 Å². The number of aromatic nitrogens is 4. The Morgan fingerprint density at radius 2 is 1.90 bits per heavy atom. The molecule has 0 aliphatic heterocycles. The van der Waals surface area contributed by atoms with Crippen LogP contribution in [0.25, 0.3) is 11.3 Å². The number of pyridine rings is 1. The number of nitrogens with zero attached hydrogens (tertiary/aromatic N) is 4. The lowest BCUT2D eigenvalue weighted by Crippen LogP contribution is -2.33. The average Bonchev–Trinajstić information content (AvgIpc) is 3.36. The highest BCUT2D eigenvalue weighted by Gasteiger charge is 2.17. The molecular weight excluding hydrogens is 541 g/mol. The summed E-state index contributed by atoms with van der Waals surface area (Å²) >= 11 is 0. The summed E-state index contributed by atoms with van der Waals surface area (Å²) in [4.78, 5) is 38.2. The van der Waals surface area contributed by atoms with E-state index in [2.05, 4.69) is 31.2 Å². The number of carbonyl (C=O) groups is 3. The van der Waals surface area contributed by atoms with E-state index in [0.29, 0.717) is 48.7 Å². The van der Waals surface area contributed by atoms with Crippen LogP contribution in [0, 0.1) is 5.82 Å². The largest absolute Gasteiger partial charge is 0.505 e. The van der Waals surface area contributed by atoms with Gasteiger partial charge in [-0.1, -0.05) is 5.21 Å². The maximum Gasteiger partial charge on any atom is 0.407 e. The number of aliphatic carboxylic acids is 1.